The third kappa shape index (κ3) is 3.63. The largest absolute Gasteiger partial charge is 0.434 e. The van der Waals surface area contributed by atoms with Crippen LogP contribution < -0.4 is 5.32 Å². The van der Waals surface area contributed by atoms with E-state index >= 15 is 0 Å². The number of alkyl halides is 3. The first-order chi connectivity index (χ1) is 11.8. The molecule has 0 saturated heterocycles. The summed E-state index contributed by atoms with van der Waals surface area (Å²) in [5, 5.41) is 3.35. The number of amides is 1. The number of halogens is 4. The van der Waals surface area contributed by atoms with E-state index in [-0.39, 0.29) is 12.0 Å². The fourth-order valence-electron chi connectivity index (χ4n) is 3.16. The molecule has 1 aliphatic carbocycles. The van der Waals surface area contributed by atoms with E-state index in [0.717, 1.165) is 36.2 Å². The molecular formula is C18H16ClF3N2O. The van der Waals surface area contributed by atoms with Gasteiger partial charge in [0.1, 0.15) is 0 Å². The van der Waals surface area contributed by atoms with Crippen molar-refractivity contribution < 1.29 is 18.0 Å². The van der Waals surface area contributed by atoms with E-state index in [1.807, 2.05) is 19.1 Å². The predicted octanol–water partition coefficient (Wildman–Crippen LogP) is 4.74. The summed E-state index contributed by atoms with van der Waals surface area (Å²) >= 11 is 5.96. The molecule has 2 atom stereocenters. The summed E-state index contributed by atoms with van der Waals surface area (Å²) in [6.45, 7) is 1.93. The molecule has 1 aromatic heterocycles. The molecule has 1 N–H and O–H groups in total. The Morgan fingerprint density at radius 2 is 2.04 bits per heavy atom. The highest BCUT2D eigenvalue weighted by molar-refractivity contribution is 6.30. The molecule has 2 unspecified atom stereocenters. The molecule has 2 aromatic rings. The Morgan fingerprint density at radius 3 is 2.64 bits per heavy atom. The van der Waals surface area contributed by atoms with Gasteiger partial charge >= 0.3 is 6.18 Å². The van der Waals surface area contributed by atoms with Gasteiger partial charge in [-0.2, -0.15) is 13.2 Å². The van der Waals surface area contributed by atoms with Crippen LogP contribution >= 0.6 is 11.6 Å². The molecule has 132 valence electrons. The zero-order valence-corrected chi connectivity index (χ0v) is 14.2. The van der Waals surface area contributed by atoms with E-state index in [1.54, 1.807) is 6.07 Å². The van der Waals surface area contributed by atoms with Gasteiger partial charge in [0.25, 0.3) is 5.91 Å². The lowest BCUT2D eigenvalue weighted by molar-refractivity contribution is -0.141. The number of carbonyl (C=O) groups excluding carboxylic acids is 1. The van der Waals surface area contributed by atoms with Gasteiger partial charge < -0.3 is 5.32 Å². The molecule has 0 spiro atoms. The van der Waals surface area contributed by atoms with Crippen molar-refractivity contribution in [1.82, 2.24) is 10.3 Å². The lowest BCUT2D eigenvalue weighted by Gasteiger charge is -2.38. The molecule has 1 amide bonds. The maximum absolute atomic E-state index is 13.0. The molecule has 7 heteroatoms. The Morgan fingerprint density at radius 1 is 1.28 bits per heavy atom. The zero-order chi connectivity index (χ0) is 18.2. The van der Waals surface area contributed by atoms with Crippen molar-refractivity contribution in [2.75, 3.05) is 0 Å². The van der Waals surface area contributed by atoms with Crippen LogP contribution in [-0.4, -0.2) is 16.9 Å². The van der Waals surface area contributed by atoms with Crippen molar-refractivity contribution in [3.8, 4) is 0 Å². The summed E-state index contributed by atoms with van der Waals surface area (Å²) in [4.78, 5) is 15.7. The molecule has 1 heterocycles. The van der Waals surface area contributed by atoms with Gasteiger partial charge in [0.2, 0.25) is 0 Å². The third-order valence-corrected chi connectivity index (χ3v) is 4.78. The average molecular weight is 369 g/mol. The highest BCUT2D eigenvalue weighted by Crippen LogP contribution is 2.39. The first kappa shape index (κ1) is 17.7. The average Bonchev–Trinajstić information content (AvgIpc) is 2.53. The fourth-order valence-corrected chi connectivity index (χ4v) is 3.39. The smallest absolute Gasteiger partial charge is 0.349 e. The van der Waals surface area contributed by atoms with Crippen LogP contribution in [0.3, 0.4) is 0 Å². The zero-order valence-electron chi connectivity index (χ0n) is 13.4. The van der Waals surface area contributed by atoms with Crippen LogP contribution in [0.25, 0.3) is 0 Å². The van der Waals surface area contributed by atoms with Crippen molar-refractivity contribution in [1.29, 1.82) is 0 Å². The fraction of sp³-hybridized carbons (Fsp3) is 0.333. The third-order valence-electron chi connectivity index (χ3n) is 4.54. The quantitative estimate of drug-likeness (QED) is 0.850. The van der Waals surface area contributed by atoms with Crippen molar-refractivity contribution in [3.63, 3.8) is 0 Å². The Kier molecular flexibility index (Phi) is 4.73. The van der Waals surface area contributed by atoms with Gasteiger partial charge in [0.05, 0.1) is 5.56 Å². The Balaban J connectivity index is 1.78. The number of aryl methyl sites for hydroxylation is 1. The van der Waals surface area contributed by atoms with E-state index in [4.69, 9.17) is 11.6 Å². The summed E-state index contributed by atoms with van der Waals surface area (Å²) in [5.74, 6) is -0.672. The van der Waals surface area contributed by atoms with E-state index in [2.05, 4.69) is 10.3 Å². The van der Waals surface area contributed by atoms with Crippen LogP contribution in [0, 0.1) is 6.92 Å². The molecule has 1 aliphatic rings. The molecule has 3 rings (SSSR count). The minimum absolute atomic E-state index is 0.0761. The maximum atomic E-state index is 13.0. The summed E-state index contributed by atoms with van der Waals surface area (Å²) < 4.78 is 39.1. The standard InChI is InChI=1S/C18H16ClF3N2O/c1-10-9-11(19)4-5-12(10)13-6-7-15(13)24-17(25)14-3-2-8-23-16(14)18(20,21)22/h2-5,8-9,13,15H,6-7H2,1H3,(H,24,25). The molecule has 3 nitrogen and oxygen atoms in total. The van der Waals surface area contributed by atoms with Crippen molar-refractivity contribution in [3.05, 3.63) is 63.9 Å². The lowest BCUT2D eigenvalue weighted by Crippen LogP contribution is -2.46. The normalized spacial score (nSPS) is 20.0. The summed E-state index contributed by atoms with van der Waals surface area (Å²) in [6.07, 6.45) is -2.05. The second-order valence-electron chi connectivity index (χ2n) is 6.16. The molecule has 1 fully saturated rings. The number of hydrogen-bond donors (Lipinski definition) is 1. The van der Waals surface area contributed by atoms with Gasteiger partial charge in [-0.3, -0.25) is 9.78 Å². The number of aromatic nitrogens is 1. The molecule has 25 heavy (non-hydrogen) atoms. The van der Waals surface area contributed by atoms with Crippen LogP contribution in [0.4, 0.5) is 13.2 Å². The van der Waals surface area contributed by atoms with Gasteiger partial charge in [-0.1, -0.05) is 17.7 Å². The van der Waals surface area contributed by atoms with Crippen LogP contribution in [0.2, 0.25) is 5.02 Å². The molecule has 0 aliphatic heterocycles. The lowest BCUT2D eigenvalue weighted by atomic mass is 9.73. The van der Waals surface area contributed by atoms with Crippen molar-refractivity contribution >= 4 is 17.5 Å². The Hall–Kier alpha value is -2.08. The number of rotatable bonds is 3. The highest BCUT2D eigenvalue weighted by atomic mass is 35.5. The second-order valence-corrected chi connectivity index (χ2v) is 6.60. The Bertz CT molecular complexity index is 807. The van der Waals surface area contributed by atoms with Gasteiger partial charge in [-0.25, -0.2) is 0 Å². The highest BCUT2D eigenvalue weighted by Gasteiger charge is 2.39. The first-order valence-corrected chi connectivity index (χ1v) is 8.24. The van der Waals surface area contributed by atoms with E-state index in [1.165, 1.54) is 6.07 Å². The number of pyridine rings is 1. The van der Waals surface area contributed by atoms with E-state index in [0.29, 0.717) is 5.02 Å². The number of nitrogens with one attached hydrogen (secondary N) is 1. The summed E-state index contributed by atoms with van der Waals surface area (Å²) in [7, 11) is 0. The van der Waals surface area contributed by atoms with Gasteiger partial charge in [0, 0.05) is 23.2 Å². The van der Waals surface area contributed by atoms with Crippen LogP contribution in [-0.2, 0) is 6.18 Å². The molecule has 1 saturated carbocycles. The van der Waals surface area contributed by atoms with Gasteiger partial charge in [0.15, 0.2) is 5.69 Å². The predicted molar refractivity (Wildman–Crippen MR) is 88.7 cm³/mol. The topological polar surface area (TPSA) is 42.0 Å². The molecule has 0 bridgehead atoms. The van der Waals surface area contributed by atoms with E-state index < -0.39 is 23.3 Å². The SMILES string of the molecule is Cc1cc(Cl)ccc1C1CCC1NC(=O)c1cccnc1C(F)(F)F. The number of benzene rings is 1. The van der Waals surface area contributed by atoms with Crippen LogP contribution in [0.1, 0.15) is 45.9 Å². The Labute approximate surface area is 148 Å². The van der Waals surface area contributed by atoms with Crippen molar-refractivity contribution in [2.45, 2.75) is 37.9 Å². The monoisotopic (exact) mass is 368 g/mol. The van der Waals surface area contributed by atoms with Gasteiger partial charge in [-0.05, 0) is 55.2 Å². The van der Waals surface area contributed by atoms with Crippen LogP contribution in [0.5, 0.6) is 0 Å². The second kappa shape index (κ2) is 6.67. The molecule has 1 aromatic carbocycles. The number of carbonyl (C=O) groups is 1. The maximum Gasteiger partial charge on any atom is 0.434 e. The number of hydrogen-bond acceptors (Lipinski definition) is 2. The van der Waals surface area contributed by atoms with Crippen LogP contribution in [0.15, 0.2) is 36.5 Å². The minimum Gasteiger partial charge on any atom is -0.349 e. The first-order valence-electron chi connectivity index (χ1n) is 7.86. The molecular weight excluding hydrogens is 353 g/mol. The molecule has 0 radical (unpaired) electrons. The van der Waals surface area contributed by atoms with Crippen molar-refractivity contribution in [2.24, 2.45) is 0 Å². The van der Waals surface area contributed by atoms with E-state index in [9.17, 15) is 18.0 Å². The van der Waals surface area contributed by atoms with Gasteiger partial charge in [-0.15, -0.1) is 0 Å². The summed E-state index contributed by atoms with van der Waals surface area (Å²) in [6, 6.07) is 7.80. The summed E-state index contributed by atoms with van der Waals surface area (Å²) in [5.41, 5.74) is 0.455. The minimum atomic E-state index is -4.67. The number of nitrogens with zero attached hydrogens (tertiary/aromatic N) is 1.